The van der Waals surface area contributed by atoms with Crippen LogP contribution in [0.1, 0.15) is 52.4 Å². The second-order valence-corrected chi connectivity index (χ2v) is 7.55. The molecule has 0 aromatic rings. The van der Waals surface area contributed by atoms with E-state index in [1.165, 1.54) is 26.4 Å². The van der Waals surface area contributed by atoms with E-state index in [4.69, 9.17) is 14.5 Å². The van der Waals surface area contributed by atoms with Gasteiger partial charge < -0.3 is 19.7 Å². The van der Waals surface area contributed by atoms with Crippen LogP contribution in [0.25, 0.3) is 0 Å². The molecule has 150 valence electrons. The number of nitrogens with zero attached hydrogens (tertiary/aromatic N) is 2. The average molecular weight is 479 g/mol. The Morgan fingerprint density at radius 3 is 2.46 bits per heavy atom. The van der Waals surface area contributed by atoms with E-state index in [-0.39, 0.29) is 35.9 Å². The van der Waals surface area contributed by atoms with Gasteiger partial charge in [-0.05, 0) is 46.0 Å². The predicted octanol–water partition coefficient (Wildman–Crippen LogP) is 2.80. The van der Waals surface area contributed by atoms with Crippen LogP contribution in [0, 0.1) is 11.3 Å². The van der Waals surface area contributed by atoms with Gasteiger partial charge in [0.05, 0.1) is 19.1 Å². The first-order valence-electron chi connectivity index (χ1n) is 9.90. The largest absolute Gasteiger partial charge is 0.469 e. The Morgan fingerprint density at radius 2 is 1.96 bits per heavy atom. The molecule has 1 heterocycles. The molecule has 3 aliphatic rings. The Balaban J connectivity index is 0.00000243. The van der Waals surface area contributed by atoms with Crippen molar-refractivity contribution in [3.63, 3.8) is 0 Å². The highest BCUT2D eigenvalue weighted by atomic mass is 127. The molecule has 26 heavy (non-hydrogen) atoms. The number of carbonyl (C=O) groups is 1. The van der Waals surface area contributed by atoms with Gasteiger partial charge in [-0.2, -0.15) is 0 Å². The summed E-state index contributed by atoms with van der Waals surface area (Å²) in [5, 5.41) is 3.74. The molecule has 0 amide bonds. The molecule has 7 heteroatoms. The van der Waals surface area contributed by atoms with Crippen LogP contribution in [0.4, 0.5) is 0 Å². The fourth-order valence-corrected chi connectivity index (χ4v) is 4.68. The summed E-state index contributed by atoms with van der Waals surface area (Å²) in [6, 6.07) is 0.474. The Labute approximate surface area is 174 Å². The molecule has 2 saturated carbocycles. The maximum atomic E-state index is 11.7. The van der Waals surface area contributed by atoms with Crippen LogP contribution in [0.5, 0.6) is 0 Å². The SMILES string of the molecule is CCN=C(NC1CC(OCC)C12CCC2)N1CCC(C(=O)OC)CC1.I. The van der Waals surface area contributed by atoms with Gasteiger partial charge >= 0.3 is 5.97 Å². The van der Waals surface area contributed by atoms with Gasteiger partial charge in [0.25, 0.3) is 0 Å². The summed E-state index contributed by atoms with van der Waals surface area (Å²) in [4.78, 5) is 18.8. The number of methoxy groups -OCH3 is 1. The average Bonchev–Trinajstić information content (AvgIpc) is 2.58. The third kappa shape index (κ3) is 4.13. The van der Waals surface area contributed by atoms with Crippen molar-refractivity contribution in [1.82, 2.24) is 10.2 Å². The number of esters is 1. The van der Waals surface area contributed by atoms with Gasteiger partial charge in [0.1, 0.15) is 0 Å². The van der Waals surface area contributed by atoms with Crippen LogP contribution in [0.2, 0.25) is 0 Å². The lowest BCUT2D eigenvalue weighted by Gasteiger charge is -2.61. The number of likely N-dealkylation sites (tertiary alicyclic amines) is 1. The van der Waals surface area contributed by atoms with Crippen molar-refractivity contribution in [3.05, 3.63) is 0 Å². The Hall–Kier alpha value is -0.570. The molecule has 1 N–H and O–H groups in total. The van der Waals surface area contributed by atoms with Crippen molar-refractivity contribution in [1.29, 1.82) is 0 Å². The second-order valence-electron chi connectivity index (χ2n) is 7.55. The van der Waals surface area contributed by atoms with Crippen LogP contribution in [0.15, 0.2) is 4.99 Å². The molecule has 1 aliphatic heterocycles. The Bertz CT molecular complexity index is 502. The zero-order chi connectivity index (χ0) is 17.9. The van der Waals surface area contributed by atoms with E-state index in [0.29, 0.717) is 17.6 Å². The van der Waals surface area contributed by atoms with Gasteiger partial charge in [0.2, 0.25) is 0 Å². The van der Waals surface area contributed by atoms with Gasteiger partial charge in [-0.15, -0.1) is 24.0 Å². The fraction of sp³-hybridized carbons (Fsp3) is 0.895. The quantitative estimate of drug-likeness (QED) is 0.285. The number of hydrogen-bond donors (Lipinski definition) is 1. The van der Waals surface area contributed by atoms with Gasteiger partial charge in [-0.25, -0.2) is 0 Å². The number of aliphatic imine (C=N–C) groups is 1. The molecule has 2 aliphatic carbocycles. The van der Waals surface area contributed by atoms with E-state index < -0.39 is 0 Å². The predicted molar refractivity (Wildman–Crippen MR) is 113 cm³/mol. The number of carbonyl (C=O) groups excluding carboxylic acids is 1. The molecule has 0 bridgehead atoms. The maximum Gasteiger partial charge on any atom is 0.308 e. The van der Waals surface area contributed by atoms with Crippen molar-refractivity contribution in [2.24, 2.45) is 16.3 Å². The summed E-state index contributed by atoms with van der Waals surface area (Å²) in [5.74, 6) is 0.971. The van der Waals surface area contributed by atoms with Crippen LogP contribution >= 0.6 is 24.0 Å². The molecule has 0 radical (unpaired) electrons. The van der Waals surface area contributed by atoms with Crippen molar-refractivity contribution >= 4 is 35.9 Å². The second kappa shape index (κ2) is 9.57. The third-order valence-electron chi connectivity index (χ3n) is 6.38. The lowest BCUT2D eigenvalue weighted by molar-refractivity contribution is -0.169. The number of hydrogen-bond acceptors (Lipinski definition) is 4. The van der Waals surface area contributed by atoms with Gasteiger partial charge in [0.15, 0.2) is 5.96 Å². The van der Waals surface area contributed by atoms with E-state index in [1.807, 2.05) is 0 Å². The van der Waals surface area contributed by atoms with Crippen LogP contribution < -0.4 is 5.32 Å². The number of guanidine groups is 1. The van der Waals surface area contributed by atoms with Gasteiger partial charge in [-0.3, -0.25) is 9.79 Å². The first-order chi connectivity index (χ1) is 12.1. The number of nitrogens with one attached hydrogen (secondary N) is 1. The fourth-order valence-electron chi connectivity index (χ4n) is 4.68. The Kier molecular flexibility index (Phi) is 8.00. The molecule has 2 atom stereocenters. The van der Waals surface area contributed by atoms with Crippen molar-refractivity contribution in [3.8, 4) is 0 Å². The minimum atomic E-state index is -0.0754. The summed E-state index contributed by atoms with van der Waals surface area (Å²) < 4.78 is 10.9. The zero-order valence-corrected chi connectivity index (χ0v) is 18.7. The van der Waals surface area contributed by atoms with Crippen molar-refractivity contribution in [2.75, 3.05) is 33.4 Å². The lowest BCUT2D eigenvalue weighted by atomic mass is 9.51. The topological polar surface area (TPSA) is 63.2 Å². The van der Waals surface area contributed by atoms with Gasteiger partial charge in [-0.1, -0.05) is 6.42 Å². The van der Waals surface area contributed by atoms with Crippen molar-refractivity contribution in [2.45, 2.75) is 64.5 Å². The molecular weight excluding hydrogens is 445 g/mol. The summed E-state index contributed by atoms with van der Waals surface area (Å²) in [6.45, 7) is 7.46. The number of piperidine rings is 1. The summed E-state index contributed by atoms with van der Waals surface area (Å²) in [5.41, 5.74) is 0.328. The number of ether oxygens (including phenoxy) is 2. The standard InChI is InChI=1S/C19H33N3O3.HI/c1-4-20-18(22-11-7-14(8-12-22)17(23)24-3)21-15-13-16(25-5-2)19(15)9-6-10-19;/h14-16H,4-13H2,1-3H3,(H,20,21);1H. The first-order valence-corrected chi connectivity index (χ1v) is 9.90. The van der Waals surface area contributed by atoms with E-state index in [0.717, 1.165) is 51.5 Å². The van der Waals surface area contributed by atoms with E-state index in [9.17, 15) is 4.79 Å². The van der Waals surface area contributed by atoms with Crippen LogP contribution in [-0.2, 0) is 14.3 Å². The molecule has 3 fully saturated rings. The molecule has 6 nitrogen and oxygen atoms in total. The molecule has 0 aromatic carbocycles. The molecule has 2 unspecified atom stereocenters. The summed E-state index contributed by atoms with van der Waals surface area (Å²) >= 11 is 0. The van der Waals surface area contributed by atoms with E-state index in [2.05, 4.69) is 24.1 Å². The first kappa shape index (κ1) is 21.7. The number of halogens is 1. The summed E-state index contributed by atoms with van der Waals surface area (Å²) in [7, 11) is 1.48. The highest BCUT2D eigenvalue weighted by Crippen LogP contribution is 2.57. The normalized spacial score (nSPS) is 28.0. The molecule has 1 spiro atoms. The number of rotatable bonds is 5. The Morgan fingerprint density at radius 1 is 1.27 bits per heavy atom. The van der Waals surface area contributed by atoms with Crippen LogP contribution in [-0.4, -0.2) is 62.3 Å². The monoisotopic (exact) mass is 479 g/mol. The van der Waals surface area contributed by atoms with Crippen molar-refractivity contribution < 1.29 is 14.3 Å². The van der Waals surface area contributed by atoms with E-state index >= 15 is 0 Å². The molecule has 0 aromatic heterocycles. The van der Waals surface area contributed by atoms with Gasteiger partial charge in [0, 0.05) is 37.7 Å². The lowest BCUT2D eigenvalue weighted by Crippen LogP contribution is -2.69. The highest BCUT2D eigenvalue weighted by molar-refractivity contribution is 14.0. The third-order valence-corrected chi connectivity index (χ3v) is 6.38. The molecule has 1 saturated heterocycles. The minimum Gasteiger partial charge on any atom is -0.469 e. The summed E-state index contributed by atoms with van der Waals surface area (Å²) in [6.07, 6.45) is 7.01. The highest BCUT2D eigenvalue weighted by Gasteiger charge is 2.59. The molecule has 3 rings (SSSR count). The van der Waals surface area contributed by atoms with E-state index in [1.54, 1.807) is 0 Å². The molecular formula is C19H34IN3O3. The smallest absolute Gasteiger partial charge is 0.308 e. The zero-order valence-electron chi connectivity index (χ0n) is 16.3. The minimum absolute atomic E-state index is 0. The maximum absolute atomic E-state index is 11.7. The van der Waals surface area contributed by atoms with Crippen LogP contribution in [0.3, 0.4) is 0 Å².